The van der Waals surface area contributed by atoms with Gasteiger partial charge in [0, 0.05) is 23.4 Å². The van der Waals surface area contributed by atoms with Crippen molar-refractivity contribution in [1.29, 1.82) is 0 Å². The molecule has 0 aliphatic heterocycles. The van der Waals surface area contributed by atoms with E-state index >= 15 is 0 Å². The summed E-state index contributed by atoms with van der Waals surface area (Å²) in [7, 11) is 1.87. The van der Waals surface area contributed by atoms with E-state index in [9.17, 15) is 9.90 Å². The Morgan fingerprint density at radius 1 is 1.25 bits per heavy atom. The number of benzene rings is 1. The maximum atomic E-state index is 12.8. The van der Waals surface area contributed by atoms with Gasteiger partial charge < -0.3 is 10.4 Å². The molecule has 28 heavy (non-hydrogen) atoms. The van der Waals surface area contributed by atoms with E-state index in [1.165, 1.54) is 22.7 Å². The van der Waals surface area contributed by atoms with Crippen LogP contribution in [0.5, 0.6) is 0 Å². The molecular formula is C21H19N3O2S2. The quantitative estimate of drug-likeness (QED) is 0.421. The fourth-order valence-electron chi connectivity index (χ4n) is 3.16. The van der Waals surface area contributed by atoms with Crippen LogP contribution >= 0.6 is 22.7 Å². The lowest BCUT2D eigenvalue weighted by Crippen LogP contribution is -2.10. The molecule has 0 aliphatic rings. The number of aliphatic hydroxyl groups excluding tert-OH is 1. The maximum absolute atomic E-state index is 12.8. The van der Waals surface area contributed by atoms with Gasteiger partial charge in [-0.3, -0.25) is 9.48 Å². The van der Waals surface area contributed by atoms with E-state index in [1.807, 2.05) is 56.6 Å². The van der Waals surface area contributed by atoms with Gasteiger partial charge in [0.25, 0.3) is 5.91 Å². The van der Waals surface area contributed by atoms with E-state index in [0.717, 1.165) is 32.6 Å². The smallest absolute Gasteiger partial charge is 0.266 e. The third-order valence-corrected chi connectivity index (χ3v) is 6.69. The van der Waals surface area contributed by atoms with Crippen molar-refractivity contribution in [3.8, 4) is 11.1 Å². The summed E-state index contributed by atoms with van der Waals surface area (Å²) >= 11 is 2.78. The molecule has 0 saturated heterocycles. The van der Waals surface area contributed by atoms with Crippen molar-refractivity contribution >= 4 is 49.6 Å². The molecule has 4 rings (SSSR count). The van der Waals surface area contributed by atoms with E-state index in [2.05, 4.69) is 17.0 Å². The van der Waals surface area contributed by atoms with Crippen LogP contribution in [0.3, 0.4) is 0 Å². The molecule has 0 spiro atoms. The molecule has 0 aliphatic carbocycles. The molecule has 0 bridgehead atoms. The highest BCUT2D eigenvalue weighted by molar-refractivity contribution is 7.20. The molecule has 3 aromatic heterocycles. The fourth-order valence-corrected chi connectivity index (χ4v) is 5.17. The number of nitrogens with one attached hydrogen (secondary N) is 1. The fraction of sp³-hybridized carbons (Fsp3) is 0.143. The summed E-state index contributed by atoms with van der Waals surface area (Å²) in [6, 6.07) is 9.89. The number of thiophene rings is 2. The molecule has 0 atom stereocenters. The lowest BCUT2D eigenvalue weighted by molar-refractivity contribution is 0.103. The number of aliphatic hydroxyl groups is 1. The number of hydrogen-bond donors (Lipinski definition) is 2. The van der Waals surface area contributed by atoms with Gasteiger partial charge in [-0.05, 0) is 25.5 Å². The van der Waals surface area contributed by atoms with Gasteiger partial charge in [0.05, 0.1) is 16.1 Å². The first-order valence-corrected chi connectivity index (χ1v) is 10.4. The van der Waals surface area contributed by atoms with Crippen LogP contribution in [0.4, 0.5) is 5.00 Å². The molecule has 2 N–H and O–H groups in total. The van der Waals surface area contributed by atoms with Crippen LogP contribution < -0.4 is 5.32 Å². The number of carbonyl (C=O) groups excluding carboxylic acids is 1. The van der Waals surface area contributed by atoms with E-state index in [1.54, 1.807) is 4.68 Å². The first kappa shape index (κ1) is 18.5. The SMILES string of the molecule is C=C(O)c1c(-c2ccc(C)cc2)csc1NC(=O)c1cc2c(C)nn(C)c2s1. The number of rotatable bonds is 4. The highest BCUT2D eigenvalue weighted by atomic mass is 32.1. The highest BCUT2D eigenvalue weighted by Gasteiger charge is 2.20. The second kappa shape index (κ2) is 6.92. The molecule has 0 unspecified atom stereocenters. The summed E-state index contributed by atoms with van der Waals surface area (Å²) in [6.45, 7) is 7.65. The molecule has 1 amide bonds. The standard InChI is InChI=1S/C21H19N3O2S2/c1-11-5-7-14(8-6-11)16-10-27-20(18(16)13(3)25)22-19(26)17-9-15-12(2)23-24(4)21(15)28-17/h5-10,25H,3H2,1-2,4H3,(H,22,26). The van der Waals surface area contributed by atoms with E-state index in [-0.39, 0.29) is 11.7 Å². The third-order valence-electron chi connectivity index (χ3n) is 4.59. The molecule has 7 heteroatoms. The second-order valence-corrected chi connectivity index (χ2v) is 8.57. The highest BCUT2D eigenvalue weighted by Crippen LogP contribution is 2.39. The number of amides is 1. The summed E-state index contributed by atoms with van der Waals surface area (Å²) in [4.78, 5) is 14.4. The Bertz CT molecular complexity index is 1180. The van der Waals surface area contributed by atoms with Crippen molar-refractivity contribution < 1.29 is 9.90 Å². The molecule has 0 saturated carbocycles. The Hall–Kier alpha value is -2.90. The third kappa shape index (κ3) is 3.12. The minimum absolute atomic E-state index is 0.0662. The lowest BCUT2D eigenvalue weighted by Gasteiger charge is -2.08. The van der Waals surface area contributed by atoms with Crippen molar-refractivity contribution in [2.75, 3.05) is 5.32 Å². The van der Waals surface area contributed by atoms with Gasteiger partial charge in [0.15, 0.2) is 0 Å². The van der Waals surface area contributed by atoms with Crippen LogP contribution in [0.25, 0.3) is 27.1 Å². The predicted octanol–water partition coefficient (Wildman–Crippen LogP) is 5.76. The summed E-state index contributed by atoms with van der Waals surface area (Å²) < 4.78 is 1.79. The van der Waals surface area contributed by atoms with E-state index in [0.29, 0.717) is 15.4 Å². The van der Waals surface area contributed by atoms with Gasteiger partial charge in [0.1, 0.15) is 15.6 Å². The Labute approximate surface area is 170 Å². The minimum atomic E-state index is -0.208. The van der Waals surface area contributed by atoms with Gasteiger partial charge in [0.2, 0.25) is 0 Å². The minimum Gasteiger partial charge on any atom is -0.508 e. The average Bonchev–Trinajstić information content (AvgIpc) is 3.32. The molecule has 3 heterocycles. The van der Waals surface area contributed by atoms with Gasteiger partial charge in [-0.2, -0.15) is 5.10 Å². The zero-order chi connectivity index (χ0) is 20.0. The zero-order valence-electron chi connectivity index (χ0n) is 15.7. The topological polar surface area (TPSA) is 67.2 Å². The lowest BCUT2D eigenvalue weighted by atomic mass is 10.0. The number of hydrogen-bond acceptors (Lipinski definition) is 5. The van der Waals surface area contributed by atoms with Crippen molar-refractivity contribution in [1.82, 2.24) is 9.78 Å². The number of aryl methyl sites for hydroxylation is 3. The molecular weight excluding hydrogens is 390 g/mol. The van der Waals surface area contributed by atoms with Gasteiger partial charge in [-0.25, -0.2) is 0 Å². The van der Waals surface area contributed by atoms with Crippen LogP contribution in [0, 0.1) is 13.8 Å². The zero-order valence-corrected chi connectivity index (χ0v) is 17.4. The number of carbonyl (C=O) groups is 1. The second-order valence-electron chi connectivity index (χ2n) is 6.66. The summed E-state index contributed by atoms with van der Waals surface area (Å²) in [5.74, 6) is -0.274. The summed E-state index contributed by atoms with van der Waals surface area (Å²) in [5.41, 5.74) is 4.43. The van der Waals surface area contributed by atoms with Gasteiger partial charge in [-0.15, -0.1) is 22.7 Å². The number of fused-ring (bicyclic) bond motifs is 1. The number of aromatic nitrogens is 2. The predicted molar refractivity (Wildman–Crippen MR) is 117 cm³/mol. The summed E-state index contributed by atoms with van der Waals surface area (Å²) in [6.07, 6.45) is 0. The molecule has 142 valence electrons. The molecule has 5 nitrogen and oxygen atoms in total. The van der Waals surface area contributed by atoms with E-state index in [4.69, 9.17) is 0 Å². The van der Waals surface area contributed by atoms with Crippen LogP contribution in [0.15, 0.2) is 42.3 Å². The Morgan fingerprint density at radius 3 is 2.61 bits per heavy atom. The van der Waals surface area contributed by atoms with Crippen molar-refractivity contribution in [2.45, 2.75) is 13.8 Å². The van der Waals surface area contributed by atoms with Gasteiger partial charge >= 0.3 is 0 Å². The average molecular weight is 410 g/mol. The number of nitrogens with zero attached hydrogens (tertiary/aromatic N) is 2. The molecule has 1 aromatic carbocycles. The molecule has 0 radical (unpaired) electrons. The Balaban J connectivity index is 1.68. The maximum Gasteiger partial charge on any atom is 0.266 e. The van der Waals surface area contributed by atoms with Crippen LogP contribution in [0.1, 0.15) is 26.5 Å². The van der Waals surface area contributed by atoms with Crippen molar-refractivity contribution in [2.24, 2.45) is 7.05 Å². The van der Waals surface area contributed by atoms with Crippen LogP contribution in [-0.2, 0) is 7.05 Å². The Morgan fingerprint density at radius 2 is 1.96 bits per heavy atom. The monoisotopic (exact) mass is 409 g/mol. The number of anilines is 1. The van der Waals surface area contributed by atoms with Crippen LogP contribution in [0.2, 0.25) is 0 Å². The van der Waals surface area contributed by atoms with E-state index < -0.39 is 0 Å². The van der Waals surface area contributed by atoms with Crippen molar-refractivity contribution in [3.05, 3.63) is 64.0 Å². The summed E-state index contributed by atoms with van der Waals surface area (Å²) in [5, 5.41) is 21.0. The Kier molecular flexibility index (Phi) is 4.56. The molecule has 0 fully saturated rings. The first-order chi connectivity index (χ1) is 13.3. The first-order valence-electron chi connectivity index (χ1n) is 8.66. The normalized spacial score (nSPS) is 11.1. The van der Waals surface area contributed by atoms with Crippen molar-refractivity contribution in [3.63, 3.8) is 0 Å². The van der Waals surface area contributed by atoms with Crippen LogP contribution in [-0.4, -0.2) is 20.8 Å². The molecule has 4 aromatic rings. The van der Waals surface area contributed by atoms with Gasteiger partial charge in [-0.1, -0.05) is 36.4 Å². The largest absolute Gasteiger partial charge is 0.508 e.